The van der Waals surface area contributed by atoms with Crippen LogP contribution in [0.1, 0.15) is 64.7 Å². The molecule has 0 saturated carbocycles. The molecule has 0 fully saturated rings. The van der Waals surface area contributed by atoms with Crippen LogP contribution < -0.4 is 0 Å². The van der Waals surface area contributed by atoms with Crippen LogP contribution in [0.3, 0.4) is 0 Å². The van der Waals surface area contributed by atoms with Crippen LogP contribution in [0, 0.1) is 22.7 Å². The molecule has 0 rings (SSSR count). The zero-order chi connectivity index (χ0) is 12.1. The van der Waals surface area contributed by atoms with Crippen LogP contribution in [-0.4, -0.2) is 0 Å². The van der Waals surface area contributed by atoms with Gasteiger partial charge < -0.3 is 0 Å². The Morgan fingerprint density at radius 2 is 1.56 bits per heavy atom. The van der Waals surface area contributed by atoms with Crippen molar-refractivity contribution < 1.29 is 0 Å². The van der Waals surface area contributed by atoms with Gasteiger partial charge in [-0.2, -0.15) is 10.5 Å². The Hall–Kier alpha value is -1.28. The second-order valence-corrected chi connectivity index (χ2v) is 4.17. The van der Waals surface area contributed by atoms with Gasteiger partial charge in [-0.25, -0.2) is 0 Å². The summed E-state index contributed by atoms with van der Waals surface area (Å²) < 4.78 is 0. The van der Waals surface area contributed by atoms with E-state index in [2.05, 4.69) is 25.1 Å². The molecule has 0 saturated heterocycles. The van der Waals surface area contributed by atoms with Crippen molar-refractivity contribution in [2.24, 2.45) is 0 Å². The van der Waals surface area contributed by atoms with Crippen molar-refractivity contribution in [2.45, 2.75) is 64.7 Å². The standard InChI is InChI=1S/C14H22N2/c1-14(10-6-2-4-8-12-15)11-7-3-5-9-13-16/h10H,2-9,11H2,1H3. The number of hydrogen-bond acceptors (Lipinski definition) is 2. The molecule has 0 amide bonds. The van der Waals surface area contributed by atoms with E-state index in [9.17, 15) is 0 Å². The van der Waals surface area contributed by atoms with Crippen molar-refractivity contribution in [3.63, 3.8) is 0 Å². The molecule has 0 atom stereocenters. The van der Waals surface area contributed by atoms with Gasteiger partial charge in [-0.1, -0.05) is 18.1 Å². The van der Waals surface area contributed by atoms with Crippen LogP contribution in [0.15, 0.2) is 11.6 Å². The third-order valence-corrected chi connectivity index (χ3v) is 2.60. The first-order valence-corrected chi connectivity index (χ1v) is 6.20. The minimum absolute atomic E-state index is 0.682. The lowest BCUT2D eigenvalue weighted by Gasteiger charge is -2.00. The molecule has 0 aliphatic carbocycles. The molecule has 0 unspecified atom stereocenters. The van der Waals surface area contributed by atoms with E-state index in [0.717, 1.165) is 38.5 Å². The maximum Gasteiger partial charge on any atom is 0.0621 e. The van der Waals surface area contributed by atoms with Gasteiger partial charge in [0.25, 0.3) is 0 Å². The molecule has 0 aliphatic heterocycles. The first kappa shape index (κ1) is 14.7. The summed E-state index contributed by atoms with van der Waals surface area (Å²) in [6.07, 6.45) is 11.5. The van der Waals surface area contributed by atoms with Gasteiger partial charge in [-0.05, 0) is 45.4 Å². The fraction of sp³-hybridized carbons (Fsp3) is 0.714. The smallest absolute Gasteiger partial charge is 0.0621 e. The molecule has 0 aliphatic rings. The molecule has 0 aromatic heterocycles. The minimum Gasteiger partial charge on any atom is -0.198 e. The highest BCUT2D eigenvalue weighted by atomic mass is 14.2. The molecule has 0 aromatic carbocycles. The van der Waals surface area contributed by atoms with E-state index < -0.39 is 0 Å². The van der Waals surface area contributed by atoms with Crippen LogP contribution in [0.2, 0.25) is 0 Å². The Kier molecular flexibility index (Phi) is 10.8. The van der Waals surface area contributed by atoms with E-state index in [1.165, 1.54) is 12.0 Å². The van der Waals surface area contributed by atoms with Crippen molar-refractivity contribution in [1.29, 1.82) is 10.5 Å². The van der Waals surface area contributed by atoms with Gasteiger partial charge in [0.2, 0.25) is 0 Å². The summed E-state index contributed by atoms with van der Waals surface area (Å²) >= 11 is 0. The molecule has 2 nitrogen and oxygen atoms in total. The van der Waals surface area contributed by atoms with Gasteiger partial charge in [-0.15, -0.1) is 0 Å². The van der Waals surface area contributed by atoms with E-state index in [0.29, 0.717) is 12.8 Å². The number of unbranched alkanes of at least 4 members (excludes halogenated alkanes) is 6. The molecule has 0 radical (unpaired) electrons. The lowest BCUT2D eigenvalue weighted by molar-refractivity contribution is 0.683. The highest BCUT2D eigenvalue weighted by Crippen LogP contribution is 2.11. The van der Waals surface area contributed by atoms with E-state index >= 15 is 0 Å². The number of allylic oxidation sites excluding steroid dienone is 2. The van der Waals surface area contributed by atoms with Crippen LogP contribution in [-0.2, 0) is 0 Å². The fourth-order valence-corrected chi connectivity index (χ4v) is 1.58. The molecule has 0 N–H and O–H groups in total. The molecule has 16 heavy (non-hydrogen) atoms. The van der Waals surface area contributed by atoms with E-state index in [4.69, 9.17) is 10.5 Å². The van der Waals surface area contributed by atoms with Crippen molar-refractivity contribution in [3.05, 3.63) is 11.6 Å². The summed E-state index contributed by atoms with van der Waals surface area (Å²) in [5, 5.41) is 16.8. The molecule has 88 valence electrons. The van der Waals surface area contributed by atoms with Crippen LogP contribution >= 0.6 is 0 Å². The Labute approximate surface area is 99.6 Å². The highest BCUT2D eigenvalue weighted by molar-refractivity contribution is 4.97. The first-order valence-electron chi connectivity index (χ1n) is 6.20. The number of rotatable bonds is 9. The normalized spacial score (nSPS) is 10.8. The van der Waals surface area contributed by atoms with Crippen LogP contribution in [0.5, 0.6) is 0 Å². The second-order valence-electron chi connectivity index (χ2n) is 4.17. The number of hydrogen-bond donors (Lipinski definition) is 0. The summed E-state index contributed by atoms with van der Waals surface area (Å²) in [7, 11) is 0. The summed E-state index contributed by atoms with van der Waals surface area (Å²) in [4.78, 5) is 0. The highest BCUT2D eigenvalue weighted by Gasteiger charge is 1.92. The van der Waals surface area contributed by atoms with Gasteiger partial charge in [0, 0.05) is 12.8 Å². The van der Waals surface area contributed by atoms with Gasteiger partial charge in [-0.3, -0.25) is 0 Å². The average molecular weight is 218 g/mol. The molecule has 0 bridgehead atoms. The van der Waals surface area contributed by atoms with Crippen LogP contribution in [0.25, 0.3) is 0 Å². The van der Waals surface area contributed by atoms with Crippen molar-refractivity contribution in [2.75, 3.05) is 0 Å². The summed E-state index contributed by atoms with van der Waals surface area (Å²) in [5.74, 6) is 0. The zero-order valence-electron chi connectivity index (χ0n) is 10.3. The molecular weight excluding hydrogens is 196 g/mol. The molecular formula is C14H22N2. The van der Waals surface area contributed by atoms with Crippen molar-refractivity contribution in [3.8, 4) is 12.1 Å². The summed E-state index contributed by atoms with van der Waals surface area (Å²) in [6.45, 7) is 2.18. The Morgan fingerprint density at radius 3 is 2.19 bits per heavy atom. The van der Waals surface area contributed by atoms with Crippen molar-refractivity contribution >= 4 is 0 Å². The lowest BCUT2D eigenvalue weighted by Crippen LogP contribution is -1.81. The van der Waals surface area contributed by atoms with E-state index in [-0.39, 0.29) is 0 Å². The van der Waals surface area contributed by atoms with Crippen LogP contribution in [0.4, 0.5) is 0 Å². The number of nitriles is 2. The quantitative estimate of drug-likeness (QED) is 0.423. The molecule has 0 heterocycles. The molecule has 2 heteroatoms. The largest absolute Gasteiger partial charge is 0.198 e. The fourth-order valence-electron chi connectivity index (χ4n) is 1.58. The lowest BCUT2D eigenvalue weighted by atomic mass is 10.1. The maximum absolute atomic E-state index is 8.38. The maximum atomic E-state index is 8.38. The Balaban J connectivity index is 3.35. The number of nitrogens with zero attached hydrogens (tertiary/aromatic N) is 2. The van der Waals surface area contributed by atoms with Gasteiger partial charge in [0.1, 0.15) is 0 Å². The van der Waals surface area contributed by atoms with E-state index in [1.54, 1.807) is 0 Å². The Morgan fingerprint density at radius 1 is 0.938 bits per heavy atom. The molecule has 0 spiro atoms. The monoisotopic (exact) mass is 218 g/mol. The zero-order valence-corrected chi connectivity index (χ0v) is 10.3. The summed E-state index contributed by atoms with van der Waals surface area (Å²) in [5.41, 5.74) is 1.45. The third kappa shape index (κ3) is 10.8. The third-order valence-electron chi connectivity index (χ3n) is 2.60. The Bertz CT molecular complexity index is 265. The minimum atomic E-state index is 0.682. The van der Waals surface area contributed by atoms with Gasteiger partial charge in [0.05, 0.1) is 12.1 Å². The second kappa shape index (κ2) is 11.8. The predicted molar refractivity (Wildman–Crippen MR) is 66.5 cm³/mol. The average Bonchev–Trinajstić information content (AvgIpc) is 2.28. The first-order chi connectivity index (χ1) is 7.81. The molecule has 0 aromatic rings. The van der Waals surface area contributed by atoms with Crippen molar-refractivity contribution in [1.82, 2.24) is 0 Å². The van der Waals surface area contributed by atoms with Gasteiger partial charge >= 0.3 is 0 Å². The summed E-state index contributed by atoms with van der Waals surface area (Å²) in [6, 6.07) is 4.33. The SMILES string of the molecule is CC(=CCCCCC#N)CCCCCC#N. The van der Waals surface area contributed by atoms with Gasteiger partial charge in [0.15, 0.2) is 0 Å². The predicted octanol–water partition coefficient (Wildman–Crippen LogP) is 4.49. The topological polar surface area (TPSA) is 47.6 Å². The van der Waals surface area contributed by atoms with E-state index in [1.807, 2.05) is 0 Å².